The van der Waals surface area contributed by atoms with Crippen molar-refractivity contribution in [3.8, 4) is 23.5 Å². The maximum absolute atomic E-state index is 9.06. The first kappa shape index (κ1) is 10.0. The van der Waals surface area contributed by atoms with Gasteiger partial charge >= 0.3 is 0 Å². The van der Waals surface area contributed by atoms with Gasteiger partial charge in [0.05, 0.1) is 29.5 Å². The predicted octanol–water partition coefficient (Wildman–Crippen LogP) is 3.00. The third-order valence-corrected chi connectivity index (χ3v) is 2.35. The summed E-state index contributed by atoms with van der Waals surface area (Å²) in [5.74, 6) is 0.651. The molecule has 3 nitrogen and oxygen atoms in total. The molecule has 0 aliphatic heterocycles. The summed E-state index contributed by atoms with van der Waals surface area (Å²) >= 11 is 0. The van der Waals surface area contributed by atoms with Crippen molar-refractivity contribution in [1.82, 2.24) is 0 Å². The molecule has 0 saturated heterocycles. The van der Waals surface area contributed by atoms with E-state index in [-0.39, 0.29) is 0 Å². The van der Waals surface area contributed by atoms with Crippen LogP contribution < -0.4 is 0 Å². The van der Waals surface area contributed by atoms with E-state index in [9.17, 15) is 0 Å². The van der Waals surface area contributed by atoms with Gasteiger partial charge in [-0.25, -0.2) is 0 Å². The summed E-state index contributed by atoms with van der Waals surface area (Å²) in [6, 6.07) is 11.0. The van der Waals surface area contributed by atoms with E-state index in [1.807, 2.05) is 13.0 Å². The third kappa shape index (κ3) is 1.55. The number of nitrogens with zero attached hydrogens (tertiary/aromatic N) is 2. The minimum atomic E-state index is 0.464. The van der Waals surface area contributed by atoms with Crippen LogP contribution in [-0.4, -0.2) is 0 Å². The highest BCUT2D eigenvalue weighted by Gasteiger charge is 2.12. The van der Waals surface area contributed by atoms with E-state index in [2.05, 4.69) is 6.07 Å². The Bertz CT molecular complexity index is 598. The number of hydrogen-bond acceptors (Lipinski definition) is 3. The molecule has 0 saturated carbocycles. The molecule has 0 spiro atoms. The van der Waals surface area contributed by atoms with Gasteiger partial charge in [-0.2, -0.15) is 10.5 Å². The highest BCUT2D eigenvalue weighted by molar-refractivity contribution is 5.71. The van der Waals surface area contributed by atoms with Crippen LogP contribution in [0.2, 0.25) is 0 Å². The van der Waals surface area contributed by atoms with Crippen LogP contribution in [0.1, 0.15) is 16.7 Å². The Labute approximate surface area is 93.2 Å². The summed E-state index contributed by atoms with van der Waals surface area (Å²) in [5.41, 5.74) is 2.58. The van der Waals surface area contributed by atoms with E-state index in [4.69, 9.17) is 14.9 Å². The van der Waals surface area contributed by atoms with Crippen molar-refractivity contribution in [3.05, 3.63) is 47.2 Å². The van der Waals surface area contributed by atoms with Gasteiger partial charge in [-0.3, -0.25) is 0 Å². The average Bonchev–Trinajstić information content (AvgIpc) is 2.81. The molecular weight excluding hydrogens is 200 g/mol. The Morgan fingerprint density at radius 2 is 2.00 bits per heavy atom. The molecule has 2 rings (SSSR count). The summed E-state index contributed by atoms with van der Waals surface area (Å²) in [5, 5.41) is 17.9. The van der Waals surface area contributed by atoms with E-state index in [0.29, 0.717) is 16.9 Å². The average molecular weight is 208 g/mol. The Hall–Kier alpha value is -2.52. The first-order valence-electron chi connectivity index (χ1n) is 4.75. The summed E-state index contributed by atoms with van der Waals surface area (Å²) in [4.78, 5) is 0. The Morgan fingerprint density at radius 1 is 1.19 bits per heavy atom. The van der Waals surface area contributed by atoms with Gasteiger partial charge in [-0.05, 0) is 36.8 Å². The lowest BCUT2D eigenvalue weighted by molar-refractivity contribution is 0.582. The standard InChI is InChI=1S/C13H8N2O/c1-9-5-10(7-14)6-11(8-15)13(9)12-3-2-4-16-12/h2-6H,1H3. The van der Waals surface area contributed by atoms with Crippen LogP contribution in [0.5, 0.6) is 0 Å². The second kappa shape index (κ2) is 3.92. The molecule has 1 heterocycles. The highest BCUT2D eigenvalue weighted by Crippen LogP contribution is 2.28. The second-order valence-corrected chi connectivity index (χ2v) is 3.42. The van der Waals surface area contributed by atoms with Crippen molar-refractivity contribution in [1.29, 1.82) is 10.5 Å². The van der Waals surface area contributed by atoms with Gasteiger partial charge in [0.25, 0.3) is 0 Å². The predicted molar refractivity (Wildman–Crippen MR) is 58.3 cm³/mol. The Kier molecular flexibility index (Phi) is 2.45. The van der Waals surface area contributed by atoms with Gasteiger partial charge in [0.15, 0.2) is 0 Å². The fourth-order valence-electron chi connectivity index (χ4n) is 1.69. The molecule has 1 aromatic carbocycles. The molecule has 0 aliphatic rings. The zero-order valence-corrected chi connectivity index (χ0v) is 8.69. The summed E-state index contributed by atoms with van der Waals surface area (Å²) < 4.78 is 5.28. The molecule has 0 aliphatic carbocycles. The maximum Gasteiger partial charge on any atom is 0.135 e. The van der Waals surface area contributed by atoms with E-state index < -0.39 is 0 Å². The maximum atomic E-state index is 9.06. The summed E-state index contributed by atoms with van der Waals surface area (Å²) in [6.45, 7) is 1.86. The molecule has 0 atom stereocenters. The van der Waals surface area contributed by atoms with E-state index in [1.165, 1.54) is 0 Å². The van der Waals surface area contributed by atoms with Crippen molar-refractivity contribution in [3.63, 3.8) is 0 Å². The number of furan rings is 1. The SMILES string of the molecule is Cc1cc(C#N)cc(C#N)c1-c1ccco1. The van der Waals surface area contributed by atoms with Gasteiger partial charge in [0, 0.05) is 5.56 Å². The lowest BCUT2D eigenvalue weighted by atomic mass is 9.98. The van der Waals surface area contributed by atoms with E-state index in [0.717, 1.165) is 11.1 Å². The molecule has 0 radical (unpaired) electrons. The molecule has 2 aromatic rings. The van der Waals surface area contributed by atoms with E-state index >= 15 is 0 Å². The minimum Gasteiger partial charge on any atom is -0.464 e. The van der Waals surface area contributed by atoms with Crippen LogP contribution in [0.15, 0.2) is 34.9 Å². The second-order valence-electron chi connectivity index (χ2n) is 3.42. The van der Waals surface area contributed by atoms with E-state index in [1.54, 1.807) is 30.5 Å². The molecule has 76 valence electrons. The van der Waals surface area contributed by atoms with Crippen LogP contribution in [-0.2, 0) is 0 Å². The number of benzene rings is 1. The summed E-state index contributed by atoms with van der Waals surface area (Å²) in [6.07, 6.45) is 1.56. The van der Waals surface area contributed by atoms with Crippen LogP contribution in [0.4, 0.5) is 0 Å². The van der Waals surface area contributed by atoms with Crippen LogP contribution in [0.25, 0.3) is 11.3 Å². The molecule has 0 N–H and O–H groups in total. The number of rotatable bonds is 1. The largest absolute Gasteiger partial charge is 0.464 e. The fraction of sp³-hybridized carbons (Fsp3) is 0.0769. The molecule has 1 aromatic heterocycles. The van der Waals surface area contributed by atoms with Crippen molar-refractivity contribution < 1.29 is 4.42 Å². The van der Waals surface area contributed by atoms with Crippen molar-refractivity contribution in [2.75, 3.05) is 0 Å². The monoisotopic (exact) mass is 208 g/mol. The smallest absolute Gasteiger partial charge is 0.135 e. The molecule has 3 heteroatoms. The number of nitriles is 2. The van der Waals surface area contributed by atoms with Gasteiger partial charge in [0.2, 0.25) is 0 Å². The van der Waals surface area contributed by atoms with Gasteiger partial charge in [-0.1, -0.05) is 0 Å². The zero-order valence-electron chi connectivity index (χ0n) is 8.69. The van der Waals surface area contributed by atoms with Crippen molar-refractivity contribution in [2.45, 2.75) is 6.92 Å². The molecule has 16 heavy (non-hydrogen) atoms. The molecule has 0 amide bonds. The zero-order chi connectivity index (χ0) is 11.5. The topological polar surface area (TPSA) is 60.7 Å². The minimum absolute atomic E-state index is 0.464. The Morgan fingerprint density at radius 3 is 2.56 bits per heavy atom. The van der Waals surface area contributed by atoms with Gasteiger partial charge in [0.1, 0.15) is 5.76 Å². The normalized spacial score (nSPS) is 9.44. The molecular formula is C13H8N2O. The molecule has 0 bridgehead atoms. The van der Waals surface area contributed by atoms with Crippen molar-refractivity contribution in [2.24, 2.45) is 0 Å². The lowest BCUT2D eigenvalue weighted by Gasteiger charge is -2.05. The van der Waals surface area contributed by atoms with Crippen LogP contribution >= 0.6 is 0 Å². The van der Waals surface area contributed by atoms with Gasteiger partial charge < -0.3 is 4.42 Å². The number of hydrogen-bond donors (Lipinski definition) is 0. The van der Waals surface area contributed by atoms with Crippen molar-refractivity contribution >= 4 is 0 Å². The Balaban J connectivity index is 2.72. The first-order valence-corrected chi connectivity index (χ1v) is 4.75. The first-order chi connectivity index (χ1) is 7.76. The van der Waals surface area contributed by atoms with Crippen LogP contribution in [0, 0.1) is 29.6 Å². The summed E-state index contributed by atoms with van der Waals surface area (Å²) in [7, 11) is 0. The fourth-order valence-corrected chi connectivity index (χ4v) is 1.69. The molecule has 0 unspecified atom stereocenters. The highest BCUT2D eigenvalue weighted by atomic mass is 16.3. The van der Waals surface area contributed by atoms with Crippen LogP contribution in [0.3, 0.4) is 0 Å². The number of aryl methyl sites for hydroxylation is 1. The lowest BCUT2D eigenvalue weighted by Crippen LogP contribution is -1.90. The van der Waals surface area contributed by atoms with Gasteiger partial charge in [-0.15, -0.1) is 0 Å². The molecule has 0 fully saturated rings. The third-order valence-electron chi connectivity index (χ3n) is 2.35. The quantitative estimate of drug-likeness (QED) is 0.723.